The van der Waals surface area contributed by atoms with Gasteiger partial charge in [-0.2, -0.15) is 0 Å². The minimum atomic E-state index is -0.578. The summed E-state index contributed by atoms with van der Waals surface area (Å²) in [6.45, 7) is 3.63. The van der Waals surface area contributed by atoms with E-state index in [0.717, 1.165) is 5.56 Å². The van der Waals surface area contributed by atoms with Gasteiger partial charge in [0.25, 0.3) is 0 Å². The van der Waals surface area contributed by atoms with Crippen molar-refractivity contribution in [1.82, 2.24) is 10.9 Å². The monoisotopic (exact) mass is 238 g/mol. The molecule has 3 N–H and O–H groups in total. The third-order valence-corrected chi connectivity index (χ3v) is 2.11. The van der Waals surface area contributed by atoms with Gasteiger partial charge in [0.1, 0.15) is 6.61 Å². The van der Waals surface area contributed by atoms with Crippen molar-refractivity contribution in [3.63, 3.8) is 0 Å². The second-order valence-electron chi connectivity index (χ2n) is 4.35. The predicted octanol–water partition coefficient (Wildman–Crippen LogP) is 1.19. The second-order valence-corrected chi connectivity index (χ2v) is 4.35. The lowest BCUT2D eigenvalue weighted by molar-refractivity contribution is 0.119. The van der Waals surface area contributed by atoms with Crippen molar-refractivity contribution in [2.75, 3.05) is 6.61 Å². The van der Waals surface area contributed by atoms with E-state index in [1.165, 1.54) is 0 Å². The zero-order valence-corrected chi connectivity index (χ0v) is 10.1. The van der Waals surface area contributed by atoms with Crippen molar-refractivity contribution in [3.05, 3.63) is 35.9 Å². The summed E-state index contributed by atoms with van der Waals surface area (Å²) in [7, 11) is 0. The van der Waals surface area contributed by atoms with Crippen LogP contribution in [0.25, 0.3) is 0 Å². The van der Waals surface area contributed by atoms with Gasteiger partial charge in [-0.1, -0.05) is 30.3 Å². The highest BCUT2D eigenvalue weighted by Gasteiger charge is 2.16. The average Bonchev–Trinajstić information content (AvgIpc) is 2.35. The number of aliphatic hydroxyl groups excluding tert-OH is 1. The van der Waals surface area contributed by atoms with E-state index in [1.807, 2.05) is 30.3 Å². The van der Waals surface area contributed by atoms with Crippen LogP contribution >= 0.6 is 0 Å². The van der Waals surface area contributed by atoms with Crippen LogP contribution in [0.5, 0.6) is 0 Å². The van der Waals surface area contributed by atoms with E-state index < -0.39 is 11.6 Å². The summed E-state index contributed by atoms with van der Waals surface area (Å²) in [4.78, 5) is 11.3. The lowest BCUT2D eigenvalue weighted by Gasteiger charge is -2.23. The molecule has 0 atom stereocenters. The highest BCUT2D eigenvalue weighted by atomic mass is 16.6. The minimum Gasteiger partial charge on any atom is -0.444 e. The van der Waals surface area contributed by atoms with Crippen molar-refractivity contribution in [3.8, 4) is 0 Å². The van der Waals surface area contributed by atoms with E-state index in [2.05, 4.69) is 10.9 Å². The summed E-state index contributed by atoms with van der Waals surface area (Å²) in [6.07, 6.45) is -0.574. The SMILES string of the molecule is CC(C)(CO)NNC(=O)OCc1ccccc1. The van der Waals surface area contributed by atoms with Gasteiger partial charge in [0.15, 0.2) is 0 Å². The van der Waals surface area contributed by atoms with E-state index in [4.69, 9.17) is 9.84 Å². The molecule has 1 aromatic rings. The third kappa shape index (κ3) is 5.33. The van der Waals surface area contributed by atoms with Crippen LogP contribution in [0.1, 0.15) is 19.4 Å². The molecule has 0 bridgehead atoms. The van der Waals surface area contributed by atoms with Crippen molar-refractivity contribution in [2.45, 2.75) is 26.0 Å². The molecule has 1 rings (SSSR count). The first-order valence-corrected chi connectivity index (χ1v) is 5.38. The van der Waals surface area contributed by atoms with Crippen LogP contribution in [0.15, 0.2) is 30.3 Å². The Morgan fingerprint density at radius 3 is 2.59 bits per heavy atom. The van der Waals surface area contributed by atoms with Crippen LogP contribution in [0.3, 0.4) is 0 Å². The molecule has 0 fully saturated rings. The summed E-state index contributed by atoms with van der Waals surface area (Å²) in [5.74, 6) is 0. The zero-order chi connectivity index (χ0) is 12.7. The van der Waals surface area contributed by atoms with Gasteiger partial charge in [0, 0.05) is 0 Å². The molecular formula is C12H18N2O3. The first kappa shape index (κ1) is 13.5. The molecule has 0 aromatic heterocycles. The Labute approximate surface area is 101 Å². The maximum absolute atomic E-state index is 11.3. The Morgan fingerprint density at radius 2 is 2.00 bits per heavy atom. The van der Waals surface area contributed by atoms with E-state index in [1.54, 1.807) is 13.8 Å². The Kier molecular flexibility index (Phi) is 4.93. The average molecular weight is 238 g/mol. The van der Waals surface area contributed by atoms with Gasteiger partial charge in [-0.25, -0.2) is 10.2 Å². The number of benzene rings is 1. The summed E-state index contributed by atoms with van der Waals surface area (Å²) in [5.41, 5.74) is 5.39. The first-order valence-electron chi connectivity index (χ1n) is 5.38. The fourth-order valence-electron chi connectivity index (χ4n) is 1.02. The van der Waals surface area contributed by atoms with Crippen LogP contribution in [0.4, 0.5) is 4.79 Å². The molecule has 0 spiro atoms. The van der Waals surface area contributed by atoms with Crippen LogP contribution < -0.4 is 10.9 Å². The number of carbonyl (C=O) groups excluding carboxylic acids is 1. The van der Waals surface area contributed by atoms with Crippen molar-refractivity contribution in [2.24, 2.45) is 0 Å². The molecule has 0 unspecified atom stereocenters. The highest BCUT2D eigenvalue weighted by molar-refractivity contribution is 5.66. The van der Waals surface area contributed by atoms with Crippen molar-refractivity contribution >= 4 is 6.09 Å². The molecule has 0 saturated heterocycles. The predicted molar refractivity (Wildman–Crippen MR) is 64.1 cm³/mol. The molecule has 0 aliphatic carbocycles. The molecule has 0 aliphatic rings. The van der Waals surface area contributed by atoms with Gasteiger partial charge in [-0.15, -0.1) is 0 Å². The molecule has 1 amide bonds. The Bertz CT molecular complexity index is 352. The van der Waals surface area contributed by atoms with E-state index in [9.17, 15) is 4.79 Å². The number of rotatable bonds is 5. The fraction of sp³-hybridized carbons (Fsp3) is 0.417. The third-order valence-electron chi connectivity index (χ3n) is 2.11. The van der Waals surface area contributed by atoms with Crippen molar-refractivity contribution in [1.29, 1.82) is 0 Å². The summed E-state index contributed by atoms with van der Waals surface area (Å²) in [5, 5.41) is 8.96. The number of aliphatic hydroxyl groups is 1. The van der Waals surface area contributed by atoms with E-state index in [0.29, 0.717) is 0 Å². The normalized spacial score (nSPS) is 11.0. The second kappa shape index (κ2) is 6.22. The van der Waals surface area contributed by atoms with Crippen LogP contribution in [0, 0.1) is 0 Å². The summed E-state index contributed by atoms with van der Waals surface area (Å²) in [6, 6.07) is 9.40. The van der Waals surface area contributed by atoms with Gasteiger partial charge in [-0.3, -0.25) is 5.43 Å². The fourth-order valence-corrected chi connectivity index (χ4v) is 1.02. The quantitative estimate of drug-likeness (QED) is 0.674. The number of hydrazine groups is 1. The van der Waals surface area contributed by atoms with Crippen LogP contribution in [0.2, 0.25) is 0 Å². The standard InChI is InChI=1S/C12H18N2O3/c1-12(2,9-15)14-13-11(16)17-8-10-6-4-3-5-7-10/h3-7,14-15H,8-9H2,1-2H3,(H,13,16). The number of carbonyl (C=O) groups is 1. The lowest BCUT2D eigenvalue weighted by atomic mass is 10.1. The number of ether oxygens (including phenoxy) is 1. The lowest BCUT2D eigenvalue weighted by Crippen LogP contribution is -2.52. The number of hydrogen-bond donors (Lipinski definition) is 3. The molecular weight excluding hydrogens is 220 g/mol. The van der Waals surface area contributed by atoms with Gasteiger partial charge in [-0.05, 0) is 19.4 Å². The molecule has 5 heteroatoms. The summed E-state index contributed by atoms with van der Waals surface area (Å²) >= 11 is 0. The zero-order valence-electron chi connectivity index (χ0n) is 10.1. The number of hydrogen-bond acceptors (Lipinski definition) is 4. The molecule has 1 aromatic carbocycles. The summed E-state index contributed by atoms with van der Waals surface area (Å²) < 4.78 is 4.97. The maximum Gasteiger partial charge on any atom is 0.421 e. The Hall–Kier alpha value is -1.59. The van der Waals surface area contributed by atoms with Gasteiger partial charge in [0.05, 0.1) is 12.1 Å². The molecule has 0 heterocycles. The molecule has 0 radical (unpaired) electrons. The van der Waals surface area contributed by atoms with Gasteiger partial charge >= 0.3 is 6.09 Å². The van der Waals surface area contributed by atoms with E-state index in [-0.39, 0.29) is 13.2 Å². The smallest absolute Gasteiger partial charge is 0.421 e. The largest absolute Gasteiger partial charge is 0.444 e. The van der Waals surface area contributed by atoms with Gasteiger partial charge in [0.2, 0.25) is 0 Å². The topological polar surface area (TPSA) is 70.6 Å². The van der Waals surface area contributed by atoms with Crippen LogP contribution in [-0.2, 0) is 11.3 Å². The number of amides is 1. The van der Waals surface area contributed by atoms with Crippen molar-refractivity contribution < 1.29 is 14.6 Å². The van der Waals surface area contributed by atoms with Crippen LogP contribution in [-0.4, -0.2) is 23.3 Å². The molecule has 0 aliphatic heterocycles. The molecule has 5 nitrogen and oxygen atoms in total. The minimum absolute atomic E-state index is 0.0913. The molecule has 17 heavy (non-hydrogen) atoms. The van der Waals surface area contributed by atoms with E-state index >= 15 is 0 Å². The first-order chi connectivity index (χ1) is 8.03. The molecule has 94 valence electrons. The Morgan fingerprint density at radius 1 is 1.35 bits per heavy atom. The maximum atomic E-state index is 11.3. The Balaban J connectivity index is 2.27. The van der Waals surface area contributed by atoms with Gasteiger partial charge < -0.3 is 9.84 Å². The molecule has 0 saturated carbocycles. The highest BCUT2D eigenvalue weighted by Crippen LogP contribution is 2.01. The number of nitrogens with one attached hydrogen (secondary N) is 2.